The molecule has 0 aliphatic carbocycles. The van der Waals surface area contributed by atoms with Gasteiger partial charge in [0.2, 0.25) is 5.91 Å². The summed E-state index contributed by atoms with van der Waals surface area (Å²) in [5.41, 5.74) is 0. The molecule has 4 nitrogen and oxygen atoms in total. The van der Waals surface area contributed by atoms with Crippen molar-refractivity contribution in [1.82, 2.24) is 4.90 Å². The molecule has 1 fully saturated rings. The van der Waals surface area contributed by atoms with E-state index in [4.69, 9.17) is 5.11 Å². The second kappa shape index (κ2) is 4.54. The van der Waals surface area contributed by atoms with Crippen LogP contribution in [0.5, 0.6) is 0 Å². The van der Waals surface area contributed by atoms with E-state index < -0.39 is 24.1 Å². The van der Waals surface area contributed by atoms with Crippen LogP contribution in [0.25, 0.3) is 0 Å². The van der Waals surface area contributed by atoms with Crippen molar-refractivity contribution in [3.63, 3.8) is 0 Å². The number of halogens is 3. The summed E-state index contributed by atoms with van der Waals surface area (Å²) in [6, 6.07) is -1.01. The molecule has 1 aliphatic rings. The van der Waals surface area contributed by atoms with Gasteiger partial charge in [-0.3, -0.25) is 4.79 Å². The Hall–Kier alpha value is -1.53. The normalized spacial score (nSPS) is 21.7. The van der Waals surface area contributed by atoms with Gasteiger partial charge in [0.25, 0.3) is 0 Å². The highest BCUT2D eigenvalue weighted by Gasteiger charge is 2.33. The average Bonchev–Trinajstić information content (AvgIpc) is 2.61. The van der Waals surface area contributed by atoms with Crippen molar-refractivity contribution in [2.45, 2.75) is 25.1 Å². The van der Waals surface area contributed by atoms with Crippen molar-refractivity contribution in [2.24, 2.45) is 0 Å². The number of carboxylic acids is 1. The van der Waals surface area contributed by atoms with Gasteiger partial charge in [0.05, 0.1) is 0 Å². The molecule has 1 amide bonds. The van der Waals surface area contributed by atoms with Gasteiger partial charge in [-0.25, -0.2) is 4.79 Å². The molecule has 1 heterocycles. The van der Waals surface area contributed by atoms with Gasteiger partial charge in [0.15, 0.2) is 0 Å². The first-order valence-electron chi connectivity index (χ1n) is 4.60. The number of allylic oxidation sites excluding steroid dienone is 1. The van der Waals surface area contributed by atoms with Gasteiger partial charge >= 0.3 is 12.1 Å². The van der Waals surface area contributed by atoms with Crippen LogP contribution in [0.2, 0.25) is 0 Å². The zero-order chi connectivity index (χ0) is 12.3. The van der Waals surface area contributed by atoms with Gasteiger partial charge in [-0.15, -0.1) is 0 Å². The number of carbonyl (C=O) groups excluding carboxylic acids is 1. The van der Waals surface area contributed by atoms with E-state index >= 15 is 0 Å². The lowest BCUT2D eigenvalue weighted by Gasteiger charge is -2.19. The maximum absolute atomic E-state index is 11.8. The van der Waals surface area contributed by atoms with Gasteiger partial charge < -0.3 is 10.0 Å². The Balaban J connectivity index is 2.67. The molecule has 0 aromatic rings. The van der Waals surface area contributed by atoms with E-state index in [2.05, 4.69) is 0 Å². The van der Waals surface area contributed by atoms with Crippen LogP contribution in [-0.4, -0.2) is 40.6 Å². The van der Waals surface area contributed by atoms with E-state index in [1.54, 1.807) is 0 Å². The summed E-state index contributed by atoms with van der Waals surface area (Å²) in [6.07, 6.45) is -3.62. The first-order chi connectivity index (χ1) is 7.31. The van der Waals surface area contributed by atoms with Crippen molar-refractivity contribution < 1.29 is 27.9 Å². The standard InChI is InChI=1S/C9H10F3NO3/c10-9(11,12)4-3-7(14)13-5-1-2-6(13)8(15)16/h3-4,6H,1-2,5H2,(H,15,16)/b4-3+/t6-/m0/s1. The van der Waals surface area contributed by atoms with Crippen LogP contribution in [0.1, 0.15) is 12.8 Å². The largest absolute Gasteiger partial charge is 0.480 e. The molecular formula is C9H10F3NO3. The number of aliphatic carboxylic acids is 1. The zero-order valence-corrected chi connectivity index (χ0v) is 8.20. The van der Waals surface area contributed by atoms with Crippen molar-refractivity contribution in [1.29, 1.82) is 0 Å². The van der Waals surface area contributed by atoms with Crippen molar-refractivity contribution in [3.05, 3.63) is 12.2 Å². The van der Waals surface area contributed by atoms with E-state index in [0.29, 0.717) is 12.5 Å². The van der Waals surface area contributed by atoms with Crippen LogP contribution in [0.15, 0.2) is 12.2 Å². The van der Waals surface area contributed by atoms with Crippen LogP contribution in [0, 0.1) is 0 Å². The average molecular weight is 237 g/mol. The van der Waals surface area contributed by atoms with Crippen LogP contribution in [-0.2, 0) is 9.59 Å². The molecule has 7 heteroatoms. The van der Waals surface area contributed by atoms with Gasteiger partial charge in [-0.05, 0) is 12.8 Å². The Morgan fingerprint density at radius 3 is 2.50 bits per heavy atom. The van der Waals surface area contributed by atoms with Gasteiger partial charge in [0, 0.05) is 18.7 Å². The number of hydrogen-bond acceptors (Lipinski definition) is 2. The lowest BCUT2D eigenvalue weighted by atomic mass is 10.2. The maximum Gasteiger partial charge on any atom is 0.409 e. The lowest BCUT2D eigenvalue weighted by Crippen LogP contribution is -2.39. The highest BCUT2D eigenvalue weighted by molar-refractivity contribution is 5.91. The first-order valence-corrected chi connectivity index (χ1v) is 4.60. The predicted molar refractivity (Wildman–Crippen MR) is 47.6 cm³/mol. The van der Waals surface area contributed by atoms with Crippen molar-refractivity contribution >= 4 is 11.9 Å². The summed E-state index contributed by atoms with van der Waals surface area (Å²) in [5.74, 6) is -2.10. The molecule has 1 aliphatic heterocycles. The quantitative estimate of drug-likeness (QED) is 0.733. The highest BCUT2D eigenvalue weighted by Crippen LogP contribution is 2.20. The van der Waals surface area contributed by atoms with E-state index in [0.717, 1.165) is 4.90 Å². The molecule has 1 N–H and O–H groups in total. The van der Waals surface area contributed by atoms with Crippen LogP contribution >= 0.6 is 0 Å². The second-order valence-electron chi connectivity index (χ2n) is 3.40. The number of hydrogen-bond donors (Lipinski definition) is 1. The SMILES string of the molecule is O=C(O)[C@@H]1CCCN1C(=O)/C=C/C(F)(F)F. The summed E-state index contributed by atoms with van der Waals surface area (Å²) in [7, 11) is 0. The summed E-state index contributed by atoms with van der Waals surface area (Å²) >= 11 is 0. The topological polar surface area (TPSA) is 57.6 Å². The second-order valence-corrected chi connectivity index (χ2v) is 3.40. The predicted octanol–water partition coefficient (Wildman–Crippen LogP) is 1.18. The summed E-state index contributed by atoms with van der Waals surface area (Å²) in [4.78, 5) is 22.9. The van der Waals surface area contributed by atoms with E-state index in [-0.39, 0.29) is 19.0 Å². The third-order valence-corrected chi connectivity index (χ3v) is 2.24. The molecule has 0 bridgehead atoms. The lowest BCUT2D eigenvalue weighted by molar-refractivity contribution is -0.146. The Morgan fingerprint density at radius 2 is 2.00 bits per heavy atom. The molecule has 1 atom stereocenters. The van der Waals surface area contributed by atoms with Crippen LogP contribution in [0.3, 0.4) is 0 Å². The monoisotopic (exact) mass is 237 g/mol. The Kier molecular flexibility index (Phi) is 3.56. The Labute approximate surface area is 89.3 Å². The van der Waals surface area contributed by atoms with Crippen LogP contribution in [0.4, 0.5) is 13.2 Å². The number of carboxylic acid groups (broad SMARTS) is 1. The minimum Gasteiger partial charge on any atom is -0.480 e. The summed E-state index contributed by atoms with van der Waals surface area (Å²) in [6.45, 7) is 0.179. The smallest absolute Gasteiger partial charge is 0.409 e. The highest BCUT2D eigenvalue weighted by atomic mass is 19.4. The Morgan fingerprint density at radius 1 is 1.38 bits per heavy atom. The number of carbonyl (C=O) groups is 2. The molecule has 0 unspecified atom stereocenters. The molecule has 90 valence electrons. The third-order valence-electron chi connectivity index (χ3n) is 2.24. The first kappa shape index (κ1) is 12.5. The Bertz CT molecular complexity index is 324. The minimum atomic E-state index is -4.56. The van der Waals surface area contributed by atoms with Gasteiger partial charge in [-0.1, -0.05) is 0 Å². The van der Waals surface area contributed by atoms with Crippen molar-refractivity contribution in [3.8, 4) is 0 Å². The summed E-state index contributed by atoms with van der Waals surface area (Å²) in [5, 5.41) is 8.72. The molecule has 1 rings (SSSR count). The molecule has 0 saturated carbocycles. The molecule has 16 heavy (non-hydrogen) atoms. The number of likely N-dealkylation sites (tertiary alicyclic amines) is 1. The van der Waals surface area contributed by atoms with Gasteiger partial charge in [0.1, 0.15) is 6.04 Å². The number of alkyl halides is 3. The van der Waals surface area contributed by atoms with Crippen LogP contribution < -0.4 is 0 Å². The molecular weight excluding hydrogens is 227 g/mol. The summed E-state index contributed by atoms with van der Waals surface area (Å²) < 4.78 is 35.4. The zero-order valence-electron chi connectivity index (χ0n) is 8.20. The molecule has 0 aromatic heterocycles. The van der Waals surface area contributed by atoms with Gasteiger partial charge in [-0.2, -0.15) is 13.2 Å². The fourth-order valence-electron chi connectivity index (χ4n) is 1.55. The molecule has 0 aromatic carbocycles. The minimum absolute atomic E-state index is 0.179. The molecule has 0 spiro atoms. The number of amides is 1. The molecule has 0 radical (unpaired) electrons. The van der Waals surface area contributed by atoms with E-state index in [9.17, 15) is 22.8 Å². The van der Waals surface area contributed by atoms with E-state index in [1.165, 1.54) is 0 Å². The number of rotatable bonds is 2. The fourth-order valence-corrected chi connectivity index (χ4v) is 1.55. The third kappa shape index (κ3) is 3.25. The maximum atomic E-state index is 11.8. The molecule has 1 saturated heterocycles. The number of nitrogens with zero attached hydrogens (tertiary/aromatic N) is 1. The fraction of sp³-hybridized carbons (Fsp3) is 0.556. The van der Waals surface area contributed by atoms with Crippen molar-refractivity contribution in [2.75, 3.05) is 6.54 Å². The van der Waals surface area contributed by atoms with E-state index in [1.807, 2.05) is 0 Å².